The van der Waals surface area contributed by atoms with Crippen molar-refractivity contribution in [3.63, 3.8) is 0 Å². The molecule has 116 valence electrons. The minimum absolute atomic E-state index is 0.130. The van der Waals surface area contributed by atoms with E-state index in [0.29, 0.717) is 6.04 Å². The summed E-state index contributed by atoms with van der Waals surface area (Å²) in [6, 6.07) is 4.79. The van der Waals surface area contributed by atoms with Crippen LogP contribution in [0.2, 0.25) is 0 Å². The summed E-state index contributed by atoms with van der Waals surface area (Å²) in [5.74, 6) is 1.93. The molecule has 0 aromatic heterocycles. The van der Waals surface area contributed by atoms with Gasteiger partial charge in [0.05, 0.1) is 0 Å². The molecular weight excluding hydrogens is 262 g/mol. The van der Waals surface area contributed by atoms with Crippen LogP contribution in [-0.4, -0.2) is 17.7 Å². The van der Waals surface area contributed by atoms with Crippen LogP contribution in [0.5, 0.6) is 11.5 Å². The monoisotopic (exact) mass is 289 g/mol. The Morgan fingerprint density at radius 2 is 1.81 bits per heavy atom. The number of rotatable bonds is 3. The van der Waals surface area contributed by atoms with E-state index in [4.69, 9.17) is 9.47 Å². The Balaban J connectivity index is 2.01. The first kappa shape index (κ1) is 14.7. The summed E-state index contributed by atoms with van der Waals surface area (Å²) in [7, 11) is 0. The Morgan fingerprint density at radius 1 is 1.10 bits per heavy atom. The lowest BCUT2D eigenvalue weighted by Gasteiger charge is -2.38. The summed E-state index contributed by atoms with van der Waals surface area (Å²) in [4.78, 5) is 0. The van der Waals surface area contributed by atoms with Crippen molar-refractivity contribution in [2.45, 2.75) is 71.1 Å². The lowest BCUT2D eigenvalue weighted by Crippen LogP contribution is -2.40. The number of hydrogen-bond donors (Lipinski definition) is 1. The molecule has 1 aromatic carbocycles. The first-order chi connectivity index (χ1) is 9.81. The van der Waals surface area contributed by atoms with Gasteiger partial charge in [-0.2, -0.15) is 0 Å². The molecule has 1 atom stereocenters. The SMILES string of the molecule is CCCNC1CC(C)(C)Oc2c1ccc1c2OC(C)(C)C1. The van der Waals surface area contributed by atoms with Gasteiger partial charge >= 0.3 is 0 Å². The molecule has 0 bridgehead atoms. The van der Waals surface area contributed by atoms with Gasteiger partial charge in [0.25, 0.3) is 0 Å². The standard InChI is InChI=1S/C18H27NO2/c1-6-9-19-14-11-18(4,5)21-16-13(14)8-7-12-10-17(2,3)20-15(12)16/h7-8,14,19H,6,9-11H2,1-5H3. The lowest BCUT2D eigenvalue weighted by molar-refractivity contribution is 0.0553. The van der Waals surface area contributed by atoms with Crippen LogP contribution >= 0.6 is 0 Å². The molecule has 3 nitrogen and oxygen atoms in total. The smallest absolute Gasteiger partial charge is 0.167 e. The Kier molecular flexibility index (Phi) is 3.44. The molecule has 0 spiro atoms. The zero-order valence-corrected chi connectivity index (χ0v) is 13.9. The summed E-state index contributed by atoms with van der Waals surface area (Å²) >= 11 is 0. The van der Waals surface area contributed by atoms with Gasteiger partial charge in [0.15, 0.2) is 11.5 Å². The molecular formula is C18H27NO2. The van der Waals surface area contributed by atoms with E-state index in [1.165, 1.54) is 11.1 Å². The van der Waals surface area contributed by atoms with Gasteiger partial charge in [-0.3, -0.25) is 0 Å². The van der Waals surface area contributed by atoms with Crippen LogP contribution in [0.4, 0.5) is 0 Å². The second-order valence-electron chi connectivity index (χ2n) is 7.58. The van der Waals surface area contributed by atoms with Crippen molar-refractivity contribution in [3.8, 4) is 11.5 Å². The highest BCUT2D eigenvalue weighted by Gasteiger charge is 2.40. The van der Waals surface area contributed by atoms with Crippen LogP contribution in [0.1, 0.15) is 64.6 Å². The first-order valence-corrected chi connectivity index (χ1v) is 8.08. The van der Waals surface area contributed by atoms with Crippen LogP contribution in [-0.2, 0) is 6.42 Å². The van der Waals surface area contributed by atoms with Gasteiger partial charge in [-0.25, -0.2) is 0 Å². The molecule has 2 heterocycles. The van der Waals surface area contributed by atoms with Gasteiger partial charge in [0.2, 0.25) is 0 Å². The van der Waals surface area contributed by atoms with Crippen molar-refractivity contribution >= 4 is 0 Å². The van der Waals surface area contributed by atoms with E-state index in [2.05, 4.69) is 52.1 Å². The third-order valence-corrected chi connectivity index (χ3v) is 4.31. The maximum Gasteiger partial charge on any atom is 0.167 e. The van der Waals surface area contributed by atoms with Crippen LogP contribution in [0, 0.1) is 0 Å². The predicted molar refractivity (Wildman–Crippen MR) is 85.2 cm³/mol. The first-order valence-electron chi connectivity index (χ1n) is 8.08. The Hall–Kier alpha value is -1.22. The summed E-state index contributed by atoms with van der Waals surface area (Å²) in [5.41, 5.74) is 2.23. The van der Waals surface area contributed by atoms with Gasteiger partial charge in [-0.05, 0) is 40.7 Å². The van der Waals surface area contributed by atoms with Gasteiger partial charge in [0.1, 0.15) is 11.2 Å². The average Bonchev–Trinajstić information content (AvgIpc) is 2.69. The summed E-state index contributed by atoms with van der Waals surface area (Å²) < 4.78 is 12.5. The van der Waals surface area contributed by atoms with E-state index in [0.717, 1.165) is 37.3 Å². The van der Waals surface area contributed by atoms with Crippen molar-refractivity contribution in [3.05, 3.63) is 23.3 Å². The molecule has 0 aliphatic carbocycles. The average molecular weight is 289 g/mol. The molecule has 1 N–H and O–H groups in total. The molecule has 2 aliphatic heterocycles. The minimum atomic E-state index is -0.163. The molecule has 0 saturated heterocycles. The molecule has 21 heavy (non-hydrogen) atoms. The van der Waals surface area contributed by atoms with E-state index in [1.54, 1.807) is 0 Å². The van der Waals surface area contributed by atoms with Gasteiger partial charge in [-0.1, -0.05) is 19.1 Å². The van der Waals surface area contributed by atoms with Crippen molar-refractivity contribution in [1.29, 1.82) is 0 Å². The van der Waals surface area contributed by atoms with Gasteiger partial charge in [0, 0.05) is 30.0 Å². The quantitative estimate of drug-likeness (QED) is 0.912. The summed E-state index contributed by atoms with van der Waals surface area (Å²) in [5, 5.41) is 3.66. The molecule has 3 rings (SSSR count). The fourth-order valence-electron chi connectivity index (χ4n) is 3.44. The Morgan fingerprint density at radius 3 is 2.52 bits per heavy atom. The van der Waals surface area contributed by atoms with Gasteiger partial charge in [-0.15, -0.1) is 0 Å². The molecule has 3 heteroatoms. The molecule has 0 radical (unpaired) electrons. The molecule has 0 amide bonds. The topological polar surface area (TPSA) is 30.5 Å². The van der Waals surface area contributed by atoms with Crippen molar-refractivity contribution in [1.82, 2.24) is 5.32 Å². The maximum atomic E-state index is 6.30. The fourth-order valence-corrected chi connectivity index (χ4v) is 3.44. The van der Waals surface area contributed by atoms with Crippen molar-refractivity contribution < 1.29 is 9.47 Å². The molecule has 2 aliphatic rings. The third-order valence-electron chi connectivity index (χ3n) is 4.31. The third kappa shape index (κ3) is 2.76. The lowest BCUT2D eigenvalue weighted by atomic mass is 9.88. The van der Waals surface area contributed by atoms with Gasteiger partial charge < -0.3 is 14.8 Å². The fraction of sp³-hybridized carbons (Fsp3) is 0.667. The molecule has 1 unspecified atom stereocenters. The predicted octanol–water partition coefficient (Wildman–Crippen LogP) is 4.00. The Bertz CT molecular complexity index is 548. The maximum absolute atomic E-state index is 6.30. The van der Waals surface area contributed by atoms with E-state index in [1.807, 2.05) is 0 Å². The summed E-state index contributed by atoms with van der Waals surface area (Å²) in [6.07, 6.45) is 3.08. The molecule has 1 aromatic rings. The number of nitrogens with one attached hydrogen (secondary N) is 1. The molecule has 0 saturated carbocycles. The number of ether oxygens (including phenoxy) is 2. The van der Waals surface area contributed by atoms with E-state index < -0.39 is 0 Å². The minimum Gasteiger partial charge on any atom is -0.484 e. The number of fused-ring (bicyclic) bond motifs is 3. The van der Waals surface area contributed by atoms with Crippen LogP contribution in [0.25, 0.3) is 0 Å². The van der Waals surface area contributed by atoms with Crippen molar-refractivity contribution in [2.24, 2.45) is 0 Å². The highest BCUT2D eigenvalue weighted by molar-refractivity contribution is 5.57. The highest BCUT2D eigenvalue weighted by atomic mass is 16.5. The largest absolute Gasteiger partial charge is 0.484 e. The zero-order valence-electron chi connectivity index (χ0n) is 13.9. The van der Waals surface area contributed by atoms with Crippen LogP contribution < -0.4 is 14.8 Å². The van der Waals surface area contributed by atoms with Crippen molar-refractivity contribution in [2.75, 3.05) is 6.54 Å². The zero-order chi connectivity index (χ0) is 15.3. The van der Waals surface area contributed by atoms with E-state index in [9.17, 15) is 0 Å². The number of hydrogen-bond acceptors (Lipinski definition) is 3. The van der Waals surface area contributed by atoms with Crippen LogP contribution in [0.3, 0.4) is 0 Å². The normalized spacial score (nSPS) is 24.7. The second-order valence-corrected chi connectivity index (χ2v) is 7.58. The van der Waals surface area contributed by atoms with E-state index >= 15 is 0 Å². The highest BCUT2D eigenvalue weighted by Crippen LogP contribution is 2.50. The van der Waals surface area contributed by atoms with Crippen LogP contribution in [0.15, 0.2) is 12.1 Å². The second kappa shape index (κ2) is 4.91. The summed E-state index contributed by atoms with van der Waals surface area (Å²) in [6.45, 7) is 11.8. The van der Waals surface area contributed by atoms with E-state index in [-0.39, 0.29) is 11.2 Å². The number of benzene rings is 1. The molecule has 0 fully saturated rings. The Labute approximate surface area is 128 Å².